The summed E-state index contributed by atoms with van der Waals surface area (Å²) in [7, 11) is 0. The van der Waals surface area contributed by atoms with Crippen LogP contribution in [0.3, 0.4) is 0 Å². The lowest BCUT2D eigenvalue weighted by Crippen LogP contribution is -2.03. The van der Waals surface area contributed by atoms with Crippen LogP contribution in [-0.4, -0.2) is 14.8 Å². The highest BCUT2D eigenvalue weighted by atomic mass is 15.3. The molecule has 0 aromatic carbocycles. The third-order valence-corrected chi connectivity index (χ3v) is 2.07. The number of aryl methyl sites for hydroxylation is 1. The molecule has 0 amide bonds. The zero-order chi connectivity index (χ0) is 9.97. The van der Waals surface area contributed by atoms with Crippen molar-refractivity contribution in [2.75, 3.05) is 5.73 Å². The molecular weight excluding hydrogens is 176 g/mol. The Labute approximate surface area is 82.4 Å². The maximum absolute atomic E-state index is 5.68. The SMILES string of the molecule is CCc1ccnn1-c1cc(N)ccn1. The minimum atomic E-state index is 0.701. The summed E-state index contributed by atoms with van der Waals surface area (Å²) in [5.41, 5.74) is 7.50. The number of pyridine rings is 1. The molecule has 72 valence electrons. The number of aromatic nitrogens is 3. The number of rotatable bonds is 2. The first-order chi connectivity index (χ1) is 6.81. The van der Waals surface area contributed by atoms with Gasteiger partial charge >= 0.3 is 0 Å². The predicted molar refractivity (Wildman–Crippen MR) is 55.1 cm³/mol. The molecular formula is C10H12N4. The molecule has 0 saturated carbocycles. The number of nitrogens with zero attached hydrogens (tertiary/aromatic N) is 3. The van der Waals surface area contributed by atoms with Gasteiger partial charge in [-0.3, -0.25) is 0 Å². The van der Waals surface area contributed by atoms with E-state index in [0.717, 1.165) is 17.9 Å². The monoisotopic (exact) mass is 188 g/mol. The molecule has 2 rings (SSSR count). The van der Waals surface area contributed by atoms with Gasteiger partial charge in [-0.2, -0.15) is 5.10 Å². The summed E-state index contributed by atoms with van der Waals surface area (Å²) >= 11 is 0. The predicted octanol–water partition coefficient (Wildman–Crippen LogP) is 1.41. The van der Waals surface area contributed by atoms with Crippen molar-refractivity contribution in [2.45, 2.75) is 13.3 Å². The third kappa shape index (κ3) is 1.46. The Balaban J connectivity index is 2.49. The number of nitrogens with two attached hydrogens (primary N) is 1. The summed E-state index contributed by atoms with van der Waals surface area (Å²) < 4.78 is 1.80. The molecule has 0 aliphatic rings. The number of hydrogen-bond acceptors (Lipinski definition) is 3. The van der Waals surface area contributed by atoms with E-state index in [1.54, 1.807) is 23.1 Å². The van der Waals surface area contributed by atoms with Crippen molar-refractivity contribution in [1.82, 2.24) is 14.8 Å². The number of nitrogen functional groups attached to an aromatic ring is 1. The molecule has 0 aliphatic carbocycles. The van der Waals surface area contributed by atoms with Gasteiger partial charge in [-0.25, -0.2) is 9.67 Å². The largest absolute Gasteiger partial charge is 0.399 e. The van der Waals surface area contributed by atoms with E-state index in [9.17, 15) is 0 Å². The Bertz CT molecular complexity index is 433. The topological polar surface area (TPSA) is 56.7 Å². The summed E-state index contributed by atoms with van der Waals surface area (Å²) in [5.74, 6) is 0.770. The Morgan fingerprint density at radius 1 is 1.36 bits per heavy atom. The molecule has 2 aromatic rings. The van der Waals surface area contributed by atoms with Crippen LogP contribution >= 0.6 is 0 Å². The highest BCUT2D eigenvalue weighted by Crippen LogP contribution is 2.10. The van der Waals surface area contributed by atoms with Gasteiger partial charge in [0.15, 0.2) is 5.82 Å². The molecule has 2 aromatic heterocycles. The molecule has 14 heavy (non-hydrogen) atoms. The van der Waals surface area contributed by atoms with Crippen molar-refractivity contribution in [1.29, 1.82) is 0 Å². The van der Waals surface area contributed by atoms with Gasteiger partial charge < -0.3 is 5.73 Å². The van der Waals surface area contributed by atoms with Crippen LogP contribution in [-0.2, 0) is 6.42 Å². The summed E-state index contributed by atoms with van der Waals surface area (Å²) in [6.45, 7) is 2.08. The van der Waals surface area contributed by atoms with Gasteiger partial charge in [-0.1, -0.05) is 6.92 Å². The van der Waals surface area contributed by atoms with Crippen molar-refractivity contribution >= 4 is 5.69 Å². The molecule has 0 spiro atoms. The van der Waals surface area contributed by atoms with E-state index in [2.05, 4.69) is 17.0 Å². The molecule has 0 aliphatic heterocycles. The second-order valence-electron chi connectivity index (χ2n) is 3.04. The van der Waals surface area contributed by atoms with Gasteiger partial charge in [0.25, 0.3) is 0 Å². The van der Waals surface area contributed by atoms with Crippen molar-refractivity contribution in [2.24, 2.45) is 0 Å². The van der Waals surface area contributed by atoms with Crippen LogP contribution in [0, 0.1) is 0 Å². The van der Waals surface area contributed by atoms with Gasteiger partial charge in [0.1, 0.15) is 0 Å². The molecule has 4 nitrogen and oxygen atoms in total. The fourth-order valence-electron chi connectivity index (χ4n) is 1.35. The first kappa shape index (κ1) is 8.74. The average Bonchev–Trinajstić information content (AvgIpc) is 2.65. The second-order valence-corrected chi connectivity index (χ2v) is 3.04. The molecule has 0 bridgehead atoms. The lowest BCUT2D eigenvalue weighted by Gasteiger charge is -2.04. The Kier molecular flexibility index (Phi) is 2.18. The van der Waals surface area contributed by atoms with E-state index in [4.69, 9.17) is 5.73 Å². The van der Waals surface area contributed by atoms with Gasteiger partial charge in [-0.15, -0.1) is 0 Å². The Morgan fingerprint density at radius 3 is 2.93 bits per heavy atom. The van der Waals surface area contributed by atoms with Gasteiger partial charge in [0.05, 0.1) is 0 Å². The number of hydrogen-bond donors (Lipinski definition) is 1. The van der Waals surface area contributed by atoms with Crippen molar-refractivity contribution in [3.63, 3.8) is 0 Å². The minimum Gasteiger partial charge on any atom is -0.399 e. The van der Waals surface area contributed by atoms with Crippen LogP contribution in [0.25, 0.3) is 5.82 Å². The van der Waals surface area contributed by atoms with Crippen molar-refractivity contribution < 1.29 is 0 Å². The van der Waals surface area contributed by atoms with E-state index in [1.807, 2.05) is 12.1 Å². The molecule has 0 radical (unpaired) electrons. The highest BCUT2D eigenvalue weighted by Gasteiger charge is 2.03. The molecule has 0 fully saturated rings. The maximum atomic E-state index is 5.68. The highest BCUT2D eigenvalue weighted by molar-refractivity contribution is 5.42. The fourth-order valence-corrected chi connectivity index (χ4v) is 1.35. The van der Waals surface area contributed by atoms with Crippen LogP contribution in [0.2, 0.25) is 0 Å². The van der Waals surface area contributed by atoms with E-state index in [0.29, 0.717) is 5.69 Å². The number of anilines is 1. The van der Waals surface area contributed by atoms with E-state index in [-0.39, 0.29) is 0 Å². The van der Waals surface area contributed by atoms with E-state index in [1.165, 1.54) is 0 Å². The Hall–Kier alpha value is -1.84. The average molecular weight is 188 g/mol. The lowest BCUT2D eigenvalue weighted by atomic mass is 10.3. The molecule has 4 heteroatoms. The van der Waals surface area contributed by atoms with Crippen LogP contribution in [0.15, 0.2) is 30.6 Å². The first-order valence-corrected chi connectivity index (χ1v) is 4.56. The van der Waals surface area contributed by atoms with E-state index < -0.39 is 0 Å². The lowest BCUT2D eigenvalue weighted by molar-refractivity contribution is 0.790. The molecule has 2 heterocycles. The van der Waals surface area contributed by atoms with Crippen LogP contribution in [0.4, 0.5) is 5.69 Å². The van der Waals surface area contributed by atoms with Crippen LogP contribution < -0.4 is 5.73 Å². The molecule has 0 atom stereocenters. The van der Waals surface area contributed by atoms with Gasteiger partial charge in [-0.05, 0) is 18.6 Å². The standard InChI is InChI=1S/C10H12N4/c1-2-9-4-6-13-14(9)10-7-8(11)3-5-12-10/h3-7H,2H2,1H3,(H2,11,12). The first-order valence-electron chi connectivity index (χ1n) is 4.56. The summed E-state index contributed by atoms with van der Waals surface area (Å²) in [6.07, 6.45) is 4.38. The maximum Gasteiger partial charge on any atom is 0.155 e. The van der Waals surface area contributed by atoms with E-state index >= 15 is 0 Å². The second kappa shape index (κ2) is 3.49. The Morgan fingerprint density at radius 2 is 2.21 bits per heavy atom. The molecule has 0 saturated heterocycles. The summed E-state index contributed by atoms with van der Waals surface area (Å²) in [4.78, 5) is 4.21. The normalized spacial score (nSPS) is 10.4. The van der Waals surface area contributed by atoms with Gasteiger partial charge in [0.2, 0.25) is 0 Å². The third-order valence-electron chi connectivity index (χ3n) is 2.07. The van der Waals surface area contributed by atoms with Crippen LogP contribution in [0.5, 0.6) is 0 Å². The zero-order valence-electron chi connectivity index (χ0n) is 8.01. The fraction of sp³-hybridized carbons (Fsp3) is 0.200. The zero-order valence-corrected chi connectivity index (χ0v) is 8.01. The van der Waals surface area contributed by atoms with Crippen molar-refractivity contribution in [3.8, 4) is 5.82 Å². The quantitative estimate of drug-likeness (QED) is 0.775. The van der Waals surface area contributed by atoms with Gasteiger partial charge in [0, 0.05) is 29.8 Å². The minimum absolute atomic E-state index is 0.701. The summed E-state index contributed by atoms with van der Waals surface area (Å²) in [5, 5.41) is 4.20. The van der Waals surface area contributed by atoms with Crippen molar-refractivity contribution in [3.05, 3.63) is 36.3 Å². The van der Waals surface area contributed by atoms with Crippen LogP contribution in [0.1, 0.15) is 12.6 Å². The smallest absolute Gasteiger partial charge is 0.155 e. The molecule has 0 unspecified atom stereocenters. The molecule has 2 N–H and O–H groups in total. The summed E-state index contributed by atoms with van der Waals surface area (Å²) in [6, 6.07) is 5.55.